The monoisotopic (exact) mass is 293 g/mol. The SMILES string of the molecule is CC(C)n1cnc(CCNC(=O)NC2CCN(C)CC2)c1. The van der Waals surface area contributed by atoms with E-state index in [4.69, 9.17) is 0 Å². The Morgan fingerprint density at radius 2 is 2.14 bits per heavy atom. The number of nitrogens with zero attached hydrogens (tertiary/aromatic N) is 3. The lowest BCUT2D eigenvalue weighted by atomic mass is 10.1. The molecule has 0 saturated carbocycles. The molecule has 0 spiro atoms. The molecular formula is C15H27N5O. The molecule has 0 aliphatic carbocycles. The van der Waals surface area contributed by atoms with Crippen LogP contribution in [0.25, 0.3) is 0 Å². The molecule has 6 heteroatoms. The van der Waals surface area contributed by atoms with Gasteiger partial charge in [0.2, 0.25) is 0 Å². The first-order valence-electron chi connectivity index (χ1n) is 7.80. The highest BCUT2D eigenvalue weighted by molar-refractivity contribution is 5.74. The van der Waals surface area contributed by atoms with Crippen molar-refractivity contribution in [2.45, 2.75) is 45.2 Å². The lowest BCUT2D eigenvalue weighted by Gasteiger charge is -2.29. The molecule has 21 heavy (non-hydrogen) atoms. The van der Waals surface area contributed by atoms with Crippen LogP contribution in [0.1, 0.15) is 38.4 Å². The maximum absolute atomic E-state index is 11.8. The number of likely N-dealkylation sites (tertiary alicyclic amines) is 1. The Kier molecular flexibility index (Phi) is 5.61. The number of rotatable bonds is 5. The molecule has 0 aromatic carbocycles. The third-order valence-corrected chi connectivity index (χ3v) is 3.97. The van der Waals surface area contributed by atoms with Crippen LogP contribution in [0.5, 0.6) is 0 Å². The molecule has 0 radical (unpaired) electrons. The smallest absolute Gasteiger partial charge is 0.315 e. The molecule has 1 aromatic heterocycles. The predicted molar refractivity (Wildman–Crippen MR) is 83.4 cm³/mol. The second-order valence-electron chi connectivity index (χ2n) is 6.13. The van der Waals surface area contributed by atoms with E-state index in [9.17, 15) is 4.79 Å². The molecule has 2 heterocycles. The van der Waals surface area contributed by atoms with E-state index in [0.29, 0.717) is 18.6 Å². The van der Waals surface area contributed by atoms with Crippen molar-refractivity contribution in [2.75, 3.05) is 26.7 Å². The summed E-state index contributed by atoms with van der Waals surface area (Å²) in [6.45, 7) is 6.97. The van der Waals surface area contributed by atoms with Crippen LogP contribution >= 0.6 is 0 Å². The summed E-state index contributed by atoms with van der Waals surface area (Å²) in [5, 5.41) is 5.96. The zero-order valence-electron chi connectivity index (χ0n) is 13.3. The second kappa shape index (κ2) is 7.45. The predicted octanol–water partition coefficient (Wildman–Crippen LogP) is 1.40. The minimum absolute atomic E-state index is 0.0622. The Bertz CT molecular complexity index is 449. The zero-order chi connectivity index (χ0) is 15.2. The third-order valence-electron chi connectivity index (χ3n) is 3.97. The molecule has 1 aliphatic heterocycles. The van der Waals surface area contributed by atoms with Gasteiger partial charge >= 0.3 is 6.03 Å². The highest BCUT2D eigenvalue weighted by Crippen LogP contribution is 2.08. The highest BCUT2D eigenvalue weighted by Gasteiger charge is 2.17. The Balaban J connectivity index is 1.64. The standard InChI is InChI=1S/C15H27N5O/c1-12(2)20-10-14(17-11-20)4-7-16-15(21)18-13-5-8-19(3)9-6-13/h10-13H,4-9H2,1-3H3,(H2,16,18,21). The fourth-order valence-electron chi connectivity index (χ4n) is 2.48. The van der Waals surface area contributed by atoms with Gasteiger partial charge in [-0.25, -0.2) is 9.78 Å². The fourth-order valence-corrected chi connectivity index (χ4v) is 2.48. The highest BCUT2D eigenvalue weighted by atomic mass is 16.2. The van der Waals surface area contributed by atoms with Crippen molar-refractivity contribution in [1.29, 1.82) is 0 Å². The average molecular weight is 293 g/mol. The number of aromatic nitrogens is 2. The average Bonchev–Trinajstić information content (AvgIpc) is 2.90. The maximum Gasteiger partial charge on any atom is 0.315 e. The van der Waals surface area contributed by atoms with Crippen LogP contribution in [0.15, 0.2) is 12.5 Å². The molecule has 2 rings (SSSR count). The van der Waals surface area contributed by atoms with Gasteiger partial charge in [0.25, 0.3) is 0 Å². The molecule has 0 bridgehead atoms. The lowest BCUT2D eigenvalue weighted by Crippen LogP contribution is -2.47. The number of hydrogen-bond donors (Lipinski definition) is 2. The summed E-state index contributed by atoms with van der Waals surface area (Å²) in [4.78, 5) is 18.5. The topological polar surface area (TPSA) is 62.2 Å². The lowest BCUT2D eigenvalue weighted by molar-refractivity contribution is 0.214. The summed E-state index contributed by atoms with van der Waals surface area (Å²) in [6.07, 6.45) is 6.71. The van der Waals surface area contributed by atoms with Crippen LogP contribution in [-0.4, -0.2) is 53.2 Å². The van der Waals surface area contributed by atoms with E-state index in [1.807, 2.05) is 12.5 Å². The number of imidazole rings is 1. The summed E-state index contributed by atoms with van der Waals surface area (Å²) in [7, 11) is 2.12. The largest absolute Gasteiger partial charge is 0.338 e. The number of nitrogens with one attached hydrogen (secondary N) is 2. The van der Waals surface area contributed by atoms with E-state index < -0.39 is 0 Å². The second-order valence-corrected chi connectivity index (χ2v) is 6.13. The number of urea groups is 1. The van der Waals surface area contributed by atoms with Gasteiger partial charge in [-0.1, -0.05) is 0 Å². The molecule has 2 amide bonds. The first kappa shape index (κ1) is 15.8. The van der Waals surface area contributed by atoms with Gasteiger partial charge in [-0.05, 0) is 46.8 Å². The number of carbonyl (C=O) groups excluding carboxylic acids is 1. The molecule has 2 N–H and O–H groups in total. The first-order chi connectivity index (χ1) is 10.0. The molecule has 1 aliphatic rings. The fraction of sp³-hybridized carbons (Fsp3) is 0.733. The summed E-state index contributed by atoms with van der Waals surface area (Å²) in [5.74, 6) is 0. The molecule has 1 fully saturated rings. The van der Waals surface area contributed by atoms with Crippen molar-refractivity contribution in [1.82, 2.24) is 25.1 Å². The van der Waals surface area contributed by atoms with E-state index in [1.165, 1.54) is 0 Å². The van der Waals surface area contributed by atoms with Crippen molar-refractivity contribution in [3.63, 3.8) is 0 Å². The van der Waals surface area contributed by atoms with Crippen molar-refractivity contribution in [3.05, 3.63) is 18.2 Å². The Morgan fingerprint density at radius 1 is 1.43 bits per heavy atom. The molecule has 1 saturated heterocycles. The van der Waals surface area contributed by atoms with Crippen LogP contribution in [0.2, 0.25) is 0 Å². The van der Waals surface area contributed by atoms with Crippen LogP contribution in [0.4, 0.5) is 4.79 Å². The summed E-state index contributed by atoms with van der Waals surface area (Å²) < 4.78 is 2.08. The van der Waals surface area contributed by atoms with E-state index in [-0.39, 0.29) is 6.03 Å². The van der Waals surface area contributed by atoms with Crippen molar-refractivity contribution in [2.24, 2.45) is 0 Å². The third kappa shape index (κ3) is 5.04. The van der Waals surface area contributed by atoms with E-state index >= 15 is 0 Å². The van der Waals surface area contributed by atoms with E-state index in [0.717, 1.165) is 38.0 Å². The Labute approximate surface area is 126 Å². The molecule has 1 aromatic rings. The van der Waals surface area contributed by atoms with Crippen LogP contribution in [-0.2, 0) is 6.42 Å². The number of hydrogen-bond acceptors (Lipinski definition) is 3. The van der Waals surface area contributed by atoms with E-state index in [1.54, 1.807) is 0 Å². The van der Waals surface area contributed by atoms with E-state index in [2.05, 4.69) is 46.0 Å². The van der Waals surface area contributed by atoms with Crippen molar-refractivity contribution < 1.29 is 4.79 Å². The molecular weight excluding hydrogens is 266 g/mol. The summed E-state index contributed by atoms with van der Waals surface area (Å²) in [5.41, 5.74) is 1.02. The summed E-state index contributed by atoms with van der Waals surface area (Å²) >= 11 is 0. The minimum atomic E-state index is -0.0622. The first-order valence-corrected chi connectivity index (χ1v) is 7.80. The van der Waals surface area contributed by atoms with Crippen molar-refractivity contribution in [3.8, 4) is 0 Å². The molecule has 6 nitrogen and oxygen atoms in total. The molecule has 0 atom stereocenters. The van der Waals surface area contributed by atoms with Gasteiger partial charge in [0.05, 0.1) is 12.0 Å². The van der Waals surface area contributed by atoms with Gasteiger partial charge in [-0.3, -0.25) is 0 Å². The number of piperidine rings is 1. The quantitative estimate of drug-likeness (QED) is 0.862. The summed E-state index contributed by atoms with van der Waals surface area (Å²) in [6, 6.07) is 0.668. The van der Waals surface area contributed by atoms with Gasteiger partial charge in [0.1, 0.15) is 0 Å². The van der Waals surface area contributed by atoms with Crippen LogP contribution in [0.3, 0.4) is 0 Å². The molecule has 118 valence electrons. The Hall–Kier alpha value is -1.56. The number of amides is 2. The van der Waals surface area contributed by atoms with Gasteiger partial charge in [-0.2, -0.15) is 0 Å². The van der Waals surface area contributed by atoms with Crippen molar-refractivity contribution >= 4 is 6.03 Å². The molecule has 0 unspecified atom stereocenters. The Morgan fingerprint density at radius 3 is 2.76 bits per heavy atom. The van der Waals surface area contributed by atoms with Gasteiger partial charge in [0, 0.05) is 31.2 Å². The van der Waals surface area contributed by atoms with Gasteiger partial charge in [-0.15, -0.1) is 0 Å². The van der Waals surface area contributed by atoms with Crippen LogP contribution in [0, 0.1) is 0 Å². The van der Waals surface area contributed by atoms with Gasteiger partial charge in [0.15, 0.2) is 0 Å². The zero-order valence-corrected chi connectivity index (χ0v) is 13.3. The number of carbonyl (C=O) groups is 1. The normalized spacial score (nSPS) is 17.1. The minimum Gasteiger partial charge on any atom is -0.338 e. The van der Waals surface area contributed by atoms with Crippen LogP contribution < -0.4 is 10.6 Å². The van der Waals surface area contributed by atoms with Gasteiger partial charge < -0.3 is 20.1 Å². The maximum atomic E-state index is 11.8.